The Balaban J connectivity index is 2.94. The number of aromatic nitrogens is 2. The summed E-state index contributed by atoms with van der Waals surface area (Å²) in [7, 11) is 2.24. The first-order chi connectivity index (χ1) is 14.2. The van der Waals surface area contributed by atoms with E-state index in [0.717, 1.165) is 43.1 Å². The van der Waals surface area contributed by atoms with Gasteiger partial charge in [-0.25, -0.2) is 24.0 Å². The third-order valence-electron chi connectivity index (χ3n) is 3.40. The van der Waals surface area contributed by atoms with E-state index >= 15 is 0 Å². The normalized spacial score (nSPS) is 11.8. The second-order valence-corrected chi connectivity index (χ2v) is 5.63. The van der Waals surface area contributed by atoms with Crippen LogP contribution >= 0.6 is 0 Å². The highest BCUT2D eigenvalue weighted by molar-refractivity contribution is 5.92. The summed E-state index contributed by atoms with van der Waals surface area (Å²) in [6, 6.07) is 0. The molecule has 30 heavy (non-hydrogen) atoms. The van der Waals surface area contributed by atoms with Crippen LogP contribution in [-0.2, 0) is 44.7 Å². The zero-order valence-electron chi connectivity index (χ0n) is 16.4. The number of ether oxygens (including phenoxy) is 4. The molecule has 0 aromatic carbocycles. The Kier molecular flexibility index (Phi) is 9.46. The average molecular weight is 424 g/mol. The number of hydrogen-bond acceptors (Lipinski definition) is 10. The predicted molar refractivity (Wildman–Crippen MR) is 99.2 cm³/mol. The third kappa shape index (κ3) is 8.37. The lowest BCUT2D eigenvalue weighted by Gasteiger charge is -2.18. The smallest absolute Gasteiger partial charge is 0.331 e. The van der Waals surface area contributed by atoms with Crippen molar-refractivity contribution >= 4 is 23.9 Å². The highest BCUT2D eigenvalue weighted by atomic mass is 16.6. The minimum Gasteiger partial charge on any atom is -0.466 e. The second-order valence-electron chi connectivity index (χ2n) is 5.63. The van der Waals surface area contributed by atoms with Crippen molar-refractivity contribution in [3.8, 4) is 0 Å². The molecule has 0 fully saturated rings. The Morgan fingerprint density at radius 2 is 1.50 bits per heavy atom. The number of rotatable bonds is 9. The maximum Gasteiger partial charge on any atom is 0.331 e. The topological polar surface area (TPSA) is 160 Å². The molecule has 1 aromatic rings. The molecule has 162 valence electrons. The molecule has 1 N–H and O–H groups in total. The van der Waals surface area contributed by atoms with E-state index in [1.165, 1.54) is 13.1 Å². The lowest BCUT2D eigenvalue weighted by atomic mass is 10.3. The molecule has 0 aliphatic heterocycles. The van der Waals surface area contributed by atoms with E-state index in [0.29, 0.717) is 0 Å². The molecule has 0 aliphatic carbocycles. The van der Waals surface area contributed by atoms with Gasteiger partial charge in [0.05, 0.1) is 20.8 Å². The summed E-state index contributed by atoms with van der Waals surface area (Å²) in [5.74, 6) is -3.48. The highest BCUT2D eigenvalue weighted by Crippen LogP contribution is 2.01. The summed E-state index contributed by atoms with van der Waals surface area (Å²) in [5, 5.41) is 0. The van der Waals surface area contributed by atoms with Gasteiger partial charge < -0.3 is 18.9 Å². The molecule has 1 rings (SSSR count). The molecule has 0 radical (unpaired) electrons. The number of nitrogens with one attached hydrogen (secondary N) is 1. The van der Waals surface area contributed by atoms with Crippen LogP contribution in [-0.4, -0.2) is 60.4 Å². The lowest BCUT2D eigenvalue weighted by molar-refractivity contribution is -0.153. The van der Waals surface area contributed by atoms with Crippen LogP contribution in [0.15, 0.2) is 40.1 Å². The fourth-order valence-electron chi connectivity index (χ4n) is 1.93. The lowest BCUT2D eigenvalue weighted by Crippen LogP contribution is -2.37. The number of carbonyl (C=O) groups excluding carboxylic acids is 4. The first-order valence-electron chi connectivity index (χ1n) is 8.36. The molecule has 1 aromatic heterocycles. The maximum absolute atomic E-state index is 11.9. The van der Waals surface area contributed by atoms with Crippen LogP contribution in [0.1, 0.15) is 5.56 Å². The monoisotopic (exact) mass is 424 g/mol. The van der Waals surface area contributed by atoms with Crippen LogP contribution in [0.25, 0.3) is 0 Å². The molecule has 0 bridgehead atoms. The van der Waals surface area contributed by atoms with Crippen molar-refractivity contribution in [1.82, 2.24) is 9.55 Å². The van der Waals surface area contributed by atoms with Crippen molar-refractivity contribution in [1.29, 1.82) is 0 Å². The van der Waals surface area contributed by atoms with Gasteiger partial charge in [-0.05, 0) is 6.92 Å². The van der Waals surface area contributed by atoms with E-state index in [1.54, 1.807) is 0 Å². The highest BCUT2D eigenvalue weighted by Gasteiger charge is 2.18. The number of methoxy groups -OCH3 is 2. The van der Waals surface area contributed by atoms with Crippen LogP contribution in [0.4, 0.5) is 0 Å². The molecule has 0 amide bonds. The summed E-state index contributed by atoms with van der Waals surface area (Å²) in [6.07, 6.45) is 3.32. The first-order valence-corrected chi connectivity index (χ1v) is 8.36. The number of H-pyrrole nitrogens is 1. The molecular formula is C18H20N2O10. The molecular weight excluding hydrogens is 404 g/mol. The van der Waals surface area contributed by atoms with Crippen LogP contribution < -0.4 is 11.2 Å². The molecule has 12 nitrogen and oxygen atoms in total. The van der Waals surface area contributed by atoms with Crippen molar-refractivity contribution < 1.29 is 38.1 Å². The number of aryl methyl sites for hydroxylation is 1. The summed E-state index contributed by atoms with van der Waals surface area (Å²) >= 11 is 0. The molecule has 1 heterocycles. The minimum absolute atomic E-state index is 0.225. The van der Waals surface area contributed by atoms with Crippen LogP contribution in [0, 0.1) is 6.92 Å². The van der Waals surface area contributed by atoms with Gasteiger partial charge in [-0.3, -0.25) is 14.3 Å². The predicted octanol–water partition coefficient (Wildman–Crippen LogP) is -1.24. The average Bonchev–Trinajstić information content (AvgIpc) is 2.71. The van der Waals surface area contributed by atoms with E-state index in [4.69, 9.17) is 9.47 Å². The fraction of sp³-hybridized carbons (Fsp3) is 0.333. The van der Waals surface area contributed by atoms with E-state index in [9.17, 15) is 28.8 Å². The van der Waals surface area contributed by atoms with Gasteiger partial charge >= 0.3 is 29.6 Å². The molecule has 1 unspecified atom stereocenters. The number of hydrogen-bond donors (Lipinski definition) is 1. The van der Waals surface area contributed by atoms with Gasteiger partial charge in [0, 0.05) is 36.1 Å². The summed E-state index contributed by atoms with van der Waals surface area (Å²) < 4.78 is 19.7. The number of esters is 4. The molecule has 1 atom stereocenters. The summed E-state index contributed by atoms with van der Waals surface area (Å²) in [6.45, 7) is 0.696. The number of aromatic amines is 1. The number of carbonyl (C=O) groups is 4. The summed E-state index contributed by atoms with van der Waals surface area (Å²) in [4.78, 5) is 71.1. The van der Waals surface area contributed by atoms with Crippen LogP contribution in [0.2, 0.25) is 0 Å². The Morgan fingerprint density at radius 3 is 2.07 bits per heavy atom. The van der Waals surface area contributed by atoms with E-state index in [-0.39, 0.29) is 12.1 Å². The van der Waals surface area contributed by atoms with E-state index in [2.05, 4.69) is 14.5 Å². The zero-order valence-corrected chi connectivity index (χ0v) is 16.4. The third-order valence-corrected chi connectivity index (χ3v) is 3.40. The fourth-order valence-corrected chi connectivity index (χ4v) is 1.93. The van der Waals surface area contributed by atoms with Crippen molar-refractivity contribution in [3.63, 3.8) is 0 Å². The van der Waals surface area contributed by atoms with Crippen molar-refractivity contribution in [2.24, 2.45) is 0 Å². The molecule has 0 spiro atoms. The van der Waals surface area contributed by atoms with Gasteiger partial charge in [0.25, 0.3) is 5.56 Å². The maximum atomic E-state index is 11.9. The Bertz CT molecular complexity index is 970. The SMILES string of the molecule is COC(=O)/C=C/C(=O)OCC(Cn1cc(C)c(=O)[nH]c1=O)OC(=O)/C=C/C(=O)OC. The standard InChI is InChI=1S/C18H20N2O10/c1-11-8-20(18(26)19-17(11)25)9-12(30-16(24)7-5-14(22)28-3)10-29-15(23)6-4-13(21)27-2/h4-8,12H,9-10H2,1-3H3,(H,19,25,26)/b6-4+,7-5+. The quantitative estimate of drug-likeness (QED) is 0.288. The molecule has 0 aliphatic rings. The van der Waals surface area contributed by atoms with E-state index < -0.39 is 47.8 Å². The summed E-state index contributed by atoms with van der Waals surface area (Å²) in [5.41, 5.74) is -1.12. The molecule has 0 saturated heterocycles. The van der Waals surface area contributed by atoms with Crippen molar-refractivity contribution in [2.45, 2.75) is 19.6 Å². The van der Waals surface area contributed by atoms with E-state index in [1.807, 2.05) is 0 Å². The second kappa shape index (κ2) is 11.8. The van der Waals surface area contributed by atoms with Crippen molar-refractivity contribution in [2.75, 3.05) is 20.8 Å². The van der Waals surface area contributed by atoms with Crippen LogP contribution in [0.3, 0.4) is 0 Å². The minimum atomic E-state index is -1.17. The zero-order chi connectivity index (χ0) is 22.7. The largest absolute Gasteiger partial charge is 0.466 e. The Morgan fingerprint density at radius 1 is 0.967 bits per heavy atom. The number of nitrogens with zero attached hydrogens (tertiary/aromatic N) is 1. The Labute approximate surface area is 169 Å². The van der Waals surface area contributed by atoms with Gasteiger partial charge in [0.15, 0.2) is 6.10 Å². The van der Waals surface area contributed by atoms with Gasteiger partial charge in [-0.2, -0.15) is 0 Å². The van der Waals surface area contributed by atoms with Crippen molar-refractivity contribution in [3.05, 3.63) is 56.9 Å². The molecule has 0 saturated carbocycles. The molecule has 12 heteroatoms. The van der Waals surface area contributed by atoms with Crippen LogP contribution in [0.5, 0.6) is 0 Å². The van der Waals surface area contributed by atoms with Gasteiger partial charge in [0.2, 0.25) is 0 Å². The Hall–Kier alpha value is -3.96. The van der Waals surface area contributed by atoms with Gasteiger partial charge in [0.1, 0.15) is 6.61 Å². The first kappa shape index (κ1) is 24.1. The van der Waals surface area contributed by atoms with Gasteiger partial charge in [-0.15, -0.1) is 0 Å². The van der Waals surface area contributed by atoms with Gasteiger partial charge in [-0.1, -0.05) is 0 Å².